The predicted octanol–water partition coefficient (Wildman–Crippen LogP) is 3.88. The maximum atomic E-state index is 6.09. The molecule has 1 aromatic heterocycles. The molecule has 0 aliphatic heterocycles. The predicted molar refractivity (Wildman–Crippen MR) is 87.7 cm³/mol. The third-order valence-corrected chi connectivity index (χ3v) is 4.71. The molecule has 0 radical (unpaired) electrons. The molecule has 1 fully saturated rings. The van der Waals surface area contributed by atoms with Gasteiger partial charge in [-0.3, -0.25) is 0 Å². The lowest BCUT2D eigenvalue weighted by atomic mass is 9.71. The monoisotopic (exact) mass is 311 g/mol. The first kappa shape index (κ1) is 16.7. The van der Waals surface area contributed by atoms with Crippen molar-refractivity contribution < 1.29 is 4.74 Å². The van der Waals surface area contributed by atoms with Crippen molar-refractivity contribution in [3.8, 4) is 5.19 Å². The first-order valence-electron chi connectivity index (χ1n) is 8.04. The molecule has 0 amide bonds. The number of hydrogen-bond donors (Lipinski definition) is 1. The van der Waals surface area contributed by atoms with Gasteiger partial charge in [0.25, 0.3) is 5.19 Å². The normalized spacial score (nSPS) is 25.2. The van der Waals surface area contributed by atoms with Crippen molar-refractivity contribution in [1.82, 2.24) is 15.5 Å². The summed E-state index contributed by atoms with van der Waals surface area (Å²) in [5, 5.41) is 13.5. The van der Waals surface area contributed by atoms with Crippen LogP contribution >= 0.6 is 11.3 Å². The summed E-state index contributed by atoms with van der Waals surface area (Å²) < 4.78 is 6.09. The molecule has 120 valence electrons. The fourth-order valence-corrected chi connectivity index (χ4v) is 4.04. The van der Waals surface area contributed by atoms with E-state index >= 15 is 0 Å². The molecule has 1 aliphatic rings. The summed E-state index contributed by atoms with van der Waals surface area (Å²) in [5.41, 5.74) is 0.370. The third-order valence-electron chi connectivity index (χ3n) is 3.89. The van der Waals surface area contributed by atoms with E-state index in [1.165, 1.54) is 6.42 Å². The Hall–Kier alpha value is -0.680. The van der Waals surface area contributed by atoms with Crippen LogP contribution in [-0.4, -0.2) is 22.8 Å². The number of rotatable bonds is 6. The maximum absolute atomic E-state index is 6.09. The van der Waals surface area contributed by atoms with Gasteiger partial charge in [-0.15, -0.1) is 5.10 Å². The van der Waals surface area contributed by atoms with Crippen LogP contribution in [0.15, 0.2) is 0 Å². The topological polar surface area (TPSA) is 47.0 Å². The van der Waals surface area contributed by atoms with Gasteiger partial charge in [0.2, 0.25) is 0 Å². The van der Waals surface area contributed by atoms with Gasteiger partial charge in [0, 0.05) is 6.54 Å². The molecule has 2 rings (SSSR count). The number of nitrogens with zero attached hydrogens (tertiary/aromatic N) is 2. The average molecular weight is 311 g/mol. The molecule has 0 bridgehead atoms. The summed E-state index contributed by atoms with van der Waals surface area (Å²) in [6, 6.07) is 0. The van der Waals surface area contributed by atoms with Gasteiger partial charge in [-0.1, -0.05) is 51.1 Å². The van der Waals surface area contributed by atoms with E-state index < -0.39 is 0 Å². The fraction of sp³-hybridized carbons (Fsp3) is 0.875. The van der Waals surface area contributed by atoms with Crippen molar-refractivity contribution >= 4 is 11.3 Å². The van der Waals surface area contributed by atoms with Gasteiger partial charge in [0.05, 0.1) is 0 Å². The number of ether oxygens (including phenoxy) is 1. The van der Waals surface area contributed by atoms with Gasteiger partial charge < -0.3 is 10.1 Å². The Bertz CT molecular complexity index is 444. The molecule has 5 heteroatoms. The van der Waals surface area contributed by atoms with Crippen molar-refractivity contribution in [3.63, 3.8) is 0 Å². The second kappa shape index (κ2) is 7.05. The molecule has 0 aromatic carbocycles. The van der Waals surface area contributed by atoms with Gasteiger partial charge in [0.1, 0.15) is 11.1 Å². The maximum Gasteiger partial charge on any atom is 0.294 e. The van der Waals surface area contributed by atoms with Crippen molar-refractivity contribution in [2.45, 2.75) is 66.5 Å². The highest BCUT2D eigenvalue weighted by atomic mass is 32.1. The van der Waals surface area contributed by atoms with Crippen molar-refractivity contribution in [1.29, 1.82) is 0 Å². The van der Waals surface area contributed by atoms with Crippen molar-refractivity contribution in [2.75, 3.05) is 6.54 Å². The van der Waals surface area contributed by atoms with Crippen LogP contribution in [0, 0.1) is 17.3 Å². The standard InChI is InChI=1S/C16H29N3OS/c1-11(2)9-17-10-14-18-19-15(21-14)20-13-6-12(3)7-16(4,5)8-13/h11-13,17H,6-10H2,1-5H3. The van der Waals surface area contributed by atoms with Gasteiger partial charge in [-0.2, -0.15) is 0 Å². The average Bonchev–Trinajstić information content (AvgIpc) is 2.73. The van der Waals surface area contributed by atoms with Gasteiger partial charge in [-0.25, -0.2) is 0 Å². The minimum atomic E-state index is 0.285. The minimum absolute atomic E-state index is 0.285. The fourth-order valence-electron chi connectivity index (χ4n) is 3.32. The van der Waals surface area contributed by atoms with Crippen LogP contribution in [-0.2, 0) is 6.54 Å². The summed E-state index contributed by atoms with van der Waals surface area (Å²) in [5.74, 6) is 1.37. The molecule has 1 saturated carbocycles. The molecular formula is C16H29N3OS. The third kappa shape index (κ3) is 5.55. The molecule has 2 atom stereocenters. The van der Waals surface area contributed by atoms with Crippen LogP contribution in [0.3, 0.4) is 0 Å². The van der Waals surface area contributed by atoms with Crippen LogP contribution in [0.25, 0.3) is 0 Å². The zero-order chi connectivity index (χ0) is 15.5. The lowest BCUT2D eigenvalue weighted by Crippen LogP contribution is -2.34. The van der Waals surface area contributed by atoms with Crippen molar-refractivity contribution in [3.05, 3.63) is 5.01 Å². The van der Waals surface area contributed by atoms with E-state index in [1.807, 2.05) is 0 Å². The van der Waals surface area contributed by atoms with E-state index in [9.17, 15) is 0 Å². The molecular weight excluding hydrogens is 282 g/mol. The molecule has 21 heavy (non-hydrogen) atoms. The molecule has 1 aliphatic carbocycles. The van der Waals surface area contributed by atoms with E-state index in [0.29, 0.717) is 11.3 Å². The smallest absolute Gasteiger partial charge is 0.294 e. The Morgan fingerprint density at radius 1 is 1.33 bits per heavy atom. The largest absolute Gasteiger partial charge is 0.466 e. The SMILES string of the molecule is CC(C)CNCc1nnc(OC2CC(C)CC(C)(C)C2)s1. The van der Waals surface area contributed by atoms with Crippen LogP contribution in [0.1, 0.15) is 58.9 Å². The minimum Gasteiger partial charge on any atom is -0.466 e. The lowest BCUT2D eigenvalue weighted by Gasteiger charge is -2.38. The zero-order valence-electron chi connectivity index (χ0n) is 14.0. The van der Waals surface area contributed by atoms with Gasteiger partial charge >= 0.3 is 0 Å². The highest BCUT2D eigenvalue weighted by Crippen LogP contribution is 2.40. The molecule has 2 unspecified atom stereocenters. The summed E-state index contributed by atoms with van der Waals surface area (Å²) in [4.78, 5) is 0. The van der Waals surface area contributed by atoms with Crippen LogP contribution in [0.2, 0.25) is 0 Å². The number of aromatic nitrogens is 2. The summed E-state index contributed by atoms with van der Waals surface area (Å²) in [6.45, 7) is 13.2. The summed E-state index contributed by atoms with van der Waals surface area (Å²) in [6.07, 6.45) is 3.81. The quantitative estimate of drug-likeness (QED) is 0.866. The Labute approximate surface area is 132 Å². The van der Waals surface area contributed by atoms with Gasteiger partial charge in [-0.05, 0) is 43.1 Å². The van der Waals surface area contributed by atoms with Crippen LogP contribution < -0.4 is 10.1 Å². The van der Waals surface area contributed by atoms with E-state index in [-0.39, 0.29) is 6.10 Å². The van der Waals surface area contributed by atoms with Crippen LogP contribution in [0.5, 0.6) is 5.19 Å². The molecule has 4 nitrogen and oxygen atoms in total. The first-order chi connectivity index (χ1) is 9.84. The van der Waals surface area contributed by atoms with Gasteiger partial charge in [0.15, 0.2) is 0 Å². The van der Waals surface area contributed by atoms with Crippen LogP contribution in [0.4, 0.5) is 0 Å². The Kier molecular flexibility index (Phi) is 5.60. The highest BCUT2D eigenvalue weighted by molar-refractivity contribution is 7.13. The van der Waals surface area contributed by atoms with E-state index in [2.05, 4.69) is 50.1 Å². The molecule has 0 spiro atoms. The van der Waals surface area contributed by atoms with E-state index in [0.717, 1.165) is 42.1 Å². The number of hydrogen-bond acceptors (Lipinski definition) is 5. The Morgan fingerprint density at radius 2 is 2.10 bits per heavy atom. The Morgan fingerprint density at radius 3 is 2.76 bits per heavy atom. The lowest BCUT2D eigenvalue weighted by molar-refractivity contribution is 0.0556. The summed E-state index contributed by atoms with van der Waals surface area (Å²) in [7, 11) is 0. The second-order valence-electron chi connectivity index (χ2n) is 7.64. The molecule has 1 N–H and O–H groups in total. The van der Waals surface area contributed by atoms with E-state index in [1.54, 1.807) is 11.3 Å². The summed E-state index contributed by atoms with van der Waals surface area (Å²) >= 11 is 1.57. The van der Waals surface area contributed by atoms with E-state index in [4.69, 9.17) is 4.74 Å². The number of nitrogens with one attached hydrogen (secondary N) is 1. The van der Waals surface area contributed by atoms with Crippen molar-refractivity contribution in [2.24, 2.45) is 17.3 Å². The Balaban J connectivity index is 1.84. The second-order valence-corrected chi connectivity index (χ2v) is 8.66. The molecule has 1 heterocycles. The zero-order valence-corrected chi connectivity index (χ0v) is 14.8. The molecule has 0 saturated heterocycles. The first-order valence-corrected chi connectivity index (χ1v) is 8.85. The molecule has 1 aromatic rings. The highest BCUT2D eigenvalue weighted by Gasteiger charge is 2.33.